The molecule has 0 aliphatic carbocycles. The monoisotopic (exact) mass is 501 g/mol. The third-order valence-electron chi connectivity index (χ3n) is 4.01. The highest BCUT2D eigenvalue weighted by Gasteiger charge is 2.10. The lowest BCUT2D eigenvalue weighted by Crippen LogP contribution is -2.01. The molecule has 0 aliphatic heterocycles. The Labute approximate surface area is 180 Å². The number of ether oxygens (including phenoxy) is 1. The van der Waals surface area contributed by atoms with Gasteiger partial charge in [-0.3, -0.25) is 4.99 Å². The highest BCUT2D eigenvalue weighted by atomic mass is 79.9. The summed E-state index contributed by atoms with van der Waals surface area (Å²) in [5.74, 6) is -0.279. The first-order valence-corrected chi connectivity index (χ1v) is 10.1. The number of benzene rings is 3. The average molecular weight is 503 g/mol. The maximum Gasteiger partial charge on any atom is 0.335 e. The first-order valence-electron chi connectivity index (χ1n) is 8.47. The topological polar surface area (TPSA) is 58.9 Å². The van der Waals surface area contributed by atoms with Crippen LogP contribution in [0.2, 0.25) is 0 Å². The summed E-state index contributed by atoms with van der Waals surface area (Å²) >= 11 is 7.04. The van der Waals surface area contributed by atoms with Crippen LogP contribution >= 0.6 is 31.9 Å². The molecule has 4 nitrogen and oxygen atoms in total. The Bertz CT molecular complexity index is 1010. The lowest BCUT2D eigenvalue weighted by molar-refractivity contribution is 0.0697. The molecule has 0 fully saturated rings. The number of hydrogen-bond donors (Lipinski definition) is 1. The fourth-order valence-corrected chi connectivity index (χ4v) is 3.88. The van der Waals surface area contributed by atoms with Gasteiger partial charge < -0.3 is 9.84 Å². The molecule has 0 aliphatic rings. The van der Waals surface area contributed by atoms with Crippen LogP contribution < -0.4 is 4.74 Å². The third kappa shape index (κ3) is 5.30. The van der Waals surface area contributed by atoms with Crippen molar-refractivity contribution in [1.82, 2.24) is 0 Å². The fourth-order valence-electron chi connectivity index (χ4n) is 2.50. The number of aromatic carboxylic acids is 1. The molecule has 0 saturated carbocycles. The summed E-state index contributed by atoms with van der Waals surface area (Å²) in [4.78, 5) is 15.5. The van der Waals surface area contributed by atoms with Crippen molar-refractivity contribution >= 4 is 49.7 Å². The van der Waals surface area contributed by atoms with Crippen LogP contribution in [0.4, 0.5) is 5.69 Å². The zero-order valence-electron chi connectivity index (χ0n) is 15.0. The third-order valence-corrected chi connectivity index (χ3v) is 5.05. The molecule has 0 atom stereocenters. The smallest absolute Gasteiger partial charge is 0.335 e. The van der Waals surface area contributed by atoms with E-state index in [4.69, 9.17) is 9.84 Å². The lowest BCUT2D eigenvalue weighted by Gasteiger charge is -2.12. The van der Waals surface area contributed by atoms with E-state index in [2.05, 4.69) is 36.9 Å². The van der Waals surface area contributed by atoms with E-state index >= 15 is 0 Å². The summed E-state index contributed by atoms with van der Waals surface area (Å²) in [6, 6.07) is 18.4. The minimum Gasteiger partial charge on any atom is -0.487 e. The van der Waals surface area contributed by atoms with Crippen molar-refractivity contribution in [3.8, 4) is 5.75 Å². The van der Waals surface area contributed by atoms with Gasteiger partial charge in [-0.05, 0) is 64.8 Å². The Kier molecular flexibility index (Phi) is 6.65. The van der Waals surface area contributed by atoms with Crippen LogP contribution in [0, 0.1) is 6.92 Å². The van der Waals surface area contributed by atoms with E-state index in [0.29, 0.717) is 12.4 Å². The molecule has 0 saturated heterocycles. The first-order chi connectivity index (χ1) is 13.4. The van der Waals surface area contributed by atoms with E-state index in [9.17, 15) is 4.79 Å². The predicted octanol–water partition coefficient (Wildman–Crippen LogP) is 6.55. The molecule has 28 heavy (non-hydrogen) atoms. The molecule has 6 heteroatoms. The zero-order chi connectivity index (χ0) is 20.1. The average Bonchev–Trinajstić information content (AvgIpc) is 2.67. The molecule has 3 aromatic rings. The lowest BCUT2D eigenvalue weighted by atomic mass is 10.1. The second-order valence-electron chi connectivity index (χ2n) is 6.19. The summed E-state index contributed by atoms with van der Waals surface area (Å²) in [5, 5.41) is 8.99. The molecule has 0 amide bonds. The van der Waals surface area contributed by atoms with Crippen LogP contribution in [0.25, 0.3) is 0 Å². The summed E-state index contributed by atoms with van der Waals surface area (Å²) in [6.07, 6.45) is 1.77. The van der Waals surface area contributed by atoms with E-state index in [0.717, 1.165) is 25.8 Å². The maximum atomic E-state index is 11.0. The summed E-state index contributed by atoms with van der Waals surface area (Å²) in [5.41, 5.74) is 3.99. The zero-order valence-corrected chi connectivity index (χ0v) is 18.2. The number of halogens is 2. The van der Waals surface area contributed by atoms with Crippen molar-refractivity contribution in [2.24, 2.45) is 4.99 Å². The summed E-state index contributed by atoms with van der Waals surface area (Å²) in [6.45, 7) is 2.35. The summed E-state index contributed by atoms with van der Waals surface area (Å²) in [7, 11) is 0. The molecule has 0 spiro atoms. The number of carbonyl (C=O) groups is 1. The first kappa shape index (κ1) is 20.3. The maximum absolute atomic E-state index is 11.0. The van der Waals surface area contributed by atoms with E-state index in [1.54, 1.807) is 30.5 Å². The largest absolute Gasteiger partial charge is 0.487 e. The van der Waals surface area contributed by atoms with Crippen molar-refractivity contribution in [2.45, 2.75) is 13.5 Å². The number of aliphatic imine (C=N–C) groups is 1. The number of carboxylic acids is 1. The number of nitrogens with zero attached hydrogens (tertiary/aromatic N) is 1. The fraction of sp³-hybridized carbons (Fsp3) is 0.0909. The Morgan fingerprint density at radius 2 is 1.75 bits per heavy atom. The SMILES string of the molecule is Cc1ccc(N=Cc2cc(Br)cc(Br)c2OCc2ccc(C(=O)O)cc2)cc1. The highest BCUT2D eigenvalue weighted by molar-refractivity contribution is 9.11. The van der Waals surface area contributed by atoms with Gasteiger partial charge in [0.1, 0.15) is 12.4 Å². The van der Waals surface area contributed by atoms with Gasteiger partial charge in [-0.1, -0.05) is 45.8 Å². The van der Waals surface area contributed by atoms with Crippen molar-refractivity contribution in [3.05, 3.63) is 91.9 Å². The van der Waals surface area contributed by atoms with E-state index in [1.807, 2.05) is 43.3 Å². The minimum absolute atomic E-state index is 0.250. The van der Waals surface area contributed by atoms with Crippen LogP contribution in [0.1, 0.15) is 27.0 Å². The minimum atomic E-state index is -0.947. The molecule has 3 aromatic carbocycles. The number of rotatable bonds is 6. The van der Waals surface area contributed by atoms with E-state index in [1.165, 1.54) is 5.56 Å². The number of hydrogen-bond acceptors (Lipinski definition) is 3. The van der Waals surface area contributed by atoms with Crippen molar-refractivity contribution in [1.29, 1.82) is 0 Å². The van der Waals surface area contributed by atoms with Crippen molar-refractivity contribution < 1.29 is 14.6 Å². The summed E-state index contributed by atoms with van der Waals surface area (Å²) < 4.78 is 7.72. The van der Waals surface area contributed by atoms with Crippen LogP contribution in [-0.2, 0) is 6.61 Å². The molecule has 0 unspecified atom stereocenters. The predicted molar refractivity (Wildman–Crippen MR) is 118 cm³/mol. The molecule has 0 bridgehead atoms. The van der Waals surface area contributed by atoms with Gasteiger partial charge in [0.05, 0.1) is 15.7 Å². The normalized spacial score (nSPS) is 11.0. The van der Waals surface area contributed by atoms with Crippen LogP contribution in [0.5, 0.6) is 5.75 Å². The van der Waals surface area contributed by atoms with Crippen LogP contribution in [-0.4, -0.2) is 17.3 Å². The second-order valence-corrected chi connectivity index (χ2v) is 7.96. The molecule has 142 valence electrons. The molecule has 0 radical (unpaired) electrons. The van der Waals surface area contributed by atoms with Gasteiger partial charge in [0.15, 0.2) is 0 Å². The Morgan fingerprint density at radius 1 is 1.07 bits per heavy atom. The van der Waals surface area contributed by atoms with E-state index in [-0.39, 0.29) is 5.56 Å². The number of carboxylic acid groups (broad SMARTS) is 1. The Hall–Kier alpha value is -2.44. The van der Waals surface area contributed by atoms with Crippen LogP contribution in [0.15, 0.2) is 74.6 Å². The van der Waals surface area contributed by atoms with Gasteiger partial charge in [-0.2, -0.15) is 0 Å². The Morgan fingerprint density at radius 3 is 2.39 bits per heavy atom. The van der Waals surface area contributed by atoms with Gasteiger partial charge in [-0.15, -0.1) is 0 Å². The molecule has 0 heterocycles. The van der Waals surface area contributed by atoms with Gasteiger partial charge >= 0.3 is 5.97 Å². The molecular formula is C22H17Br2NO3. The standard InChI is InChI=1S/C22H17Br2NO3/c1-14-2-8-19(9-3-14)25-12-17-10-18(23)11-20(24)21(17)28-13-15-4-6-16(7-5-15)22(26)27/h2-12H,13H2,1H3,(H,26,27). The number of aryl methyl sites for hydroxylation is 1. The Balaban J connectivity index is 1.81. The van der Waals surface area contributed by atoms with Crippen LogP contribution in [0.3, 0.4) is 0 Å². The van der Waals surface area contributed by atoms with Gasteiger partial charge in [-0.25, -0.2) is 4.79 Å². The van der Waals surface area contributed by atoms with Gasteiger partial charge in [0.2, 0.25) is 0 Å². The molecular weight excluding hydrogens is 486 g/mol. The highest BCUT2D eigenvalue weighted by Crippen LogP contribution is 2.33. The molecule has 1 N–H and O–H groups in total. The van der Waals surface area contributed by atoms with Gasteiger partial charge in [0.25, 0.3) is 0 Å². The second kappa shape index (κ2) is 9.17. The van der Waals surface area contributed by atoms with Crippen molar-refractivity contribution in [2.75, 3.05) is 0 Å². The van der Waals surface area contributed by atoms with Crippen molar-refractivity contribution in [3.63, 3.8) is 0 Å². The van der Waals surface area contributed by atoms with E-state index < -0.39 is 5.97 Å². The quantitative estimate of drug-likeness (QED) is 0.389. The van der Waals surface area contributed by atoms with Gasteiger partial charge in [0, 0.05) is 16.3 Å². The molecule has 0 aromatic heterocycles. The molecule has 3 rings (SSSR count).